The average Bonchev–Trinajstić information content (AvgIpc) is 1.92. The predicted octanol–water partition coefficient (Wildman–Crippen LogP) is 2.19. The van der Waals surface area contributed by atoms with Crippen LogP contribution < -0.4 is 5.46 Å². The molecule has 0 spiro atoms. The van der Waals surface area contributed by atoms with E-state index < -0.39 is 18.3 Å². The highest BCUT2D eigenvalue weighted by molar-refractivity contribution is 6.73. The number of benzene rings is 1. The first-order valence-corrected chi connectivity index (χ1v) is 3.38. The van der Waals surface area contributed by atoms with Crippen LogP contribution in [0.15, 0.2) is 18.2 Å². The third-order valence-corrected chi connectivity index (χ3v) is 1.57. The number of aryl methyl sites for hydroxylation is 1. The van der Waals surface area contributed by atoms with Gasteiger partial charge in [-0.25, -0.2) is 4.39 Å². The minimum absolute atomic E-state index is 0.0201. The van der Waals surface area contributed by atoms with Gasteiger partial charge in [0.25, 0.3) is 0 Å². The zero-order valence-corrected chi connectivity index (χ0v) is 6.32. The first-order chi connectivity index (χ1) is 5.43. The molecule has 12 heavy (non-hydrogen) atoms. The molecule has 1 rings (SSSR count). The molecule has 0 fully saturated rings. The maximum atomic E-state index is 12.8. The van der Waals surface area contributed by atoms with Crippen molar-refractivity contribution in [1.82, 2.24) is 0 Å². The Labute approximate surface area is 67.3 Å². The van der Waals surface area contributed by atoms with E-state index in [0.717, 1.165) is 6.07 Å². The van der Waals surface area contributed by atoms with Crippen LogP contribution in [0.2, 0.25) is 0 Å². The molecule has 0 aromatic heterocycles. The molecule has 0 bridgehead atoms. The van der Waals surface area contributed by atoms with Gasteiger partial charge in [-0.3, -0.25) is 0 Å². The summed E-state index contributed by atoms with van der Waals surface area (Å²) in [5.74, 6) is -1.16. The van der Waals surface area contributed by atoms with Crippen LogP contribution in [0.25, 0.3) is 0 Å². The lowest BCUT2D eigenvalue weighted by molar-refractivity contribution is 0.493. The minimum Gasteiger partial charge on any atom is -0.445 e. The van der Waals surface area contributed by atoms with E-state index in [-0.39, 0.29) is 5.56 Å². The van der Waals surface area contributed by atoms with E-state index in [9.17, 15) is 17.3 Å². The molecular weight excluding hydrogens is 171 g/mol. The molecule has 0 aliphatic heterocycles. The second kappa shape index (κ2) is 2.81. The van der Waals surface area contributed by atoms with E-state index in [2.05, 4.69) is 0 Å². The van der Waals surface area contributed by atoms with E-state index in [0.29, 0.717) is 0 Å². The zero-order chi connectivity index (χ0) is 9.35. The smallest absolute Gasteiger partial charge is 0.445 e. The topological polar surface area (TPSA) is 0 Å². The molecule has 0 amide bonds. The van der Waals surface area contributed by atoms with Crippen molar-refractivity contribution < 1.29 is 17.3 Å². The summed E-state index contributed by atoms with van der Waals surface area (Å²) >= 11 is 0. The number of hydrogen-bond acceptors (Lipinski definition) is 0. The summed E-state index contributed by atoms with van der Waals surface area (Å²) < 4.78 is 48.9. The summed E-state index contributed by atoms with van der Waals surface area (Å²) in [6.07, 6.45) is 0. The molecule has 5 heteroatoms. The number of rotatable bonds is 1. The van der Waals surface area contributed by atoms with Crippen molar-refractivity contribution >= 4 is 12.4 Å². The number of halogens is 4. The second-order valence-electron chi connectivity index (χ2n) is 2.55. The first-order valence-electron chi connectivity index (χ1n) is 3.38. The fraction of sp³-hybridized carbons (Fsp3) is 0.143. The van der Waals surface area contributed by atoms with Gasteiger partial charge in [-0.2, -0.15) is 0 Å². The van der Waals surface area contributed by atoms with E-state index in [4.69, 9.17) is 0 Å². The fourth-order valence-electron chi connectivity index (χ4n) is 0.923. The third kappa shape index (κ3) is 1.60. The Morgan fingerprint density at radius 1 is 1.17 bits per heavy atom. The highest BCUT2D eigenvalue weighted by Crippen LogP contribution is 2.13. The molecule has 66 valence electrons. The SMILES string of the molecule is Cc1cccc([B-](F)(F)F)c1F. The van der Waals surface area contributed by atoms with Crippen molar-refractivity contribution in [2.24, 2.45) is 0 Å². The van der Waals surface area contributed by atoms with Gasteiger partial charge in [0.15, 0.2) is 0 Å². The lowest BCUT2D eigenvalue weighted by Crippen LogP contribution is -2.37. The van der Waals surface area contributed by atoms with Crippen LogP contribution in [0.4, 0.5) is 17.3 Å². The van der Waals surface area contributed by atoms with E-state index in [1.807, 2.05) is 0 Å². The number of hydrogen-bond donors (Lipinski definition) is 0. The van der Waals surface area contributed by atoms with Gasteiger partial charge in [-0.1, -0.05) is 23.7 Å². The van der Waals surface area contributed by atoms with Crippen LogP contribution in [0.3, 0.4) is 0 Å². The second-order valence-corrected chi connectivity index (χ2v) is 2.55. The monoisotopic (exact) mass is 177 g/mol. The molecule has 0 heterocycles. The van der Waals surface area contributed by atoms with Gasteiger partial charge in [0, 0.05) is 0 Å². The highest BCUT2D eigenvalue weighted by Gasteiger charge is 2.28. The Morgan fingerprint density at radius 2 is 1.75 bits per heavy atom. The summed E-state index contributed by atoms with van der Waals surface area (Å²) in [6, 6.07) is 3.26. The summed E-state index contributed by atoms with van der Waals surface area (Å²) in [6.45, 7) is -3.92. The first kappa shape index (κ1) is 9.10. The fourth-order valence-corrected chi connectivity index (χ4v) is 0.923. The third-order valence-electron chi connectivity index (χ3n) is 1.57. The predicted molar refractivity (Wildman–Crippen MR) is 39.8 cm³/mol. The molecule has 0 atom stereocenters. The molecule has 0 unspecified atom stereocenters. The van der Waals surface area contributed by atoms with Gasteiger partial charge in [-0.15, -0.1) is 0 Å². The lowest BCUT2D eigenvalue weighted by Gasteiger charge is -2.16. The van der Waals surface area contributed by atoms with Crippen LogP contribution in [-0.2, 0) is 0 Å². The van der Waals surface area contributed by atoms with Crippen molar-refractivity contribution in [1.29, 1.82) is 0 Å². The van der Waals surface area contributed by atoms with Crippen LogP contribution in [0, 0.1) is 12.7 Å². The van der Waals surface area contributed by atoms with E-state index in [1.165, 1.54) is 19.1 Å². The van der Waals surface area contributed by atoms with Crippen LogP contribution in [-0.4, -0.2) is 6.98 Å². The normalized spacial score (nSPS) is 11.8. The van der Waals surface area contributed by atoms with E-state index in [1.54, 1.807) is 0 Å². The molecule has 0 nitrogen and oxygen atoms in total. The van der Waals surface area contributed by atoms with Gasteiger partial charge in [-0.05, 0) is 12.5 Å². The summed E-state index contributed by atoms with van der Waals surface area (Å²) in [4.78, 5) is 0. The molecule has 0 saturated carbocycles. The standard InChI is InChI=1S/C7H6BF4/c1-5-3-2-4-6(7(5)9)8(10,11)12/h2-4H,1H3/q-1. The molecule has 0 aliphatic rings. The molecule has 0 N–H and O–H groups in total. The Hall–Kier alpha value is -0.995. The minimum atomic E-state index is -5.22. The Kier molecular flexibility index (Phi) is 2.13. The van der Waals surface area contributed by atoms with Gasteiger partial charge in [0.05, 0.1) is 5.82 Å². The van der Waals surface area contributed by atoms with Crippen molar-refractivity contribution in [2.75, 3.05) is 0 Å². The van der Waals surface area contributed by atoms with Crippen molar-refractivity contribution in [3.05, 3.63) is 29.6 Å². The van der Waals surface area contributed by atoms with Gasteiger partial charge >= 0.3 is 6.98 Å². The van der Waals surface area contributed by atoms with Gasteiger partial charge < -0.3 is 12.9 Å². The molecule has 0 radical (unpaired) electrons. The van der Waals surface area contributed by atoms with Crippen molar-refractivity contribution in [3.8, 4) is 0 Å². The van der Waals surface area contributed by atoms with E-state index >= 15 is 0 Å². The van der Waals surface area contributed by atoms with Gasteiger partial charge in [0.1, 0.15) is 0 Å². The summed E-state index contributed by atoms with van der Waals surface area (Å²) in [5.41, 5.74) is -1.12. The Bertz CT molecular complexity index is 292. The van der Waals surface area contributed by atoms with Gasteiger partial charge in [0.2, 0.25) is 0 Å². The van der Waals surface area contributed by atoms with Crippen LogP contribution in [0.1, 0.15) is 5.56 Å². The molecular formula is C7H6BF4-. The van der Waals surface area contributed by atoms with Crippen LogP contribution in [0.5, 0.6) is 0 Å². The zero-order valence-electron chi connectivity index (χ0n) is 6.32. The Balaban J connectivity index is 3.26. The quantitative estimate of drug-likeness (QED) is 0.455. The maximum absolute atomic E-state index is 12.8. The Morgan fingerprint density at radius 3 is 2.17 bits per heavy atom. The molecule has 0 aliphatic carbocycles. The molecule has 1 aromatic rings. The molecule has 0 saturated heterocycles. The highest BCUT2D eigenvalue weighted by atomic mass is 19.4. The molecule has 1 aromatic carbocycles. The lowest BCUT2D eigenvalue weighted by atomic mass is 9.79. The van der Waals surface area contributed by atoms with Crippen molar-refractivity contribution in [3.63, 3.8) is 0 Å². The van der Waals surface area contributed by atoms with Crippen molar-refractivity contribution in [2.45, 2.75) is 6.92 Å². The average molecular weight is 177 g/mol. The van der Waals surface area contributed by atoms with Crippen LogP contribution >= 0.6 is 0 Å². The summed E-state index contributed by atoms with van der Waals surface area (Å²) in [7, 11) is 0. The largest absolute Gasteiger partial charge is 0.512 e. The maximum Gasteiger partial charge on any atom is 0.512 e. The summed E-state index contributed by atoms with van der Waals surface area (Å²) in [5, 5.41) is 0.